The first-order valence-corrected chi connectivity index (χ1v) is 9.34. The van der Waals surface area contributed by atoms with Crippen molar-refractivity contribution in [1.82, 2.24) is 9.29 Å². The molecular formula is C17H21N3O2S. The minimum absolute atomic E-state index is 0.375. The fourth-order valence-electron chi connectivity index (χ4n) is 2.73. The lowest BCUT2D eigenvalue weighted by molar-refractivity contribution is 0.346. The minimum atomic E-state index is -3.38. The van der Waals surface area contributed by atoms with Crippen molar-refractivity contribution in [2.75, 3.05) is 18.4 Å². The Kier molecular flexibility index (Phi) is 4.93. The van der Waals surface area contributed by atoms with E-state index >= 15 is 0 Å². The van der Waals surface area contributed by atoms with Crippen molar-refractivity contribution in [3.63, 3.8) is 0 Å². The Morgan fingerprint density at radius 3 is 2.61 bits per heavy atom. The number of anilines is 1. The smallest absolute Gasteiger partial charge is 0.243 e. The van der Waals surface area contributed by atoms with Gasteiger partial charge in [0.15, 0.2) is 0 Å². The van der Waals surface area contributed by atoms with E-state index in [9.17, 15) is 8.42 Å². The van der Waals surface area contributed by atoms with Crippen LogP contribution in [-0.2, 0) is 16.6 Å². The van der Waals surface area contributed by atoms with E-state index in [2.05, 4.69) is 10.3 Å². The van der Waals surface area contributed by atoms with Gasteiger partial charge in [0.1, 0.15) is 5.82 Å². The predicted octanol–water partition coefficient (Wildman–Crippen LogP) is 2.87. The number of aromatic nitrogens is 1. The van der Waals surface area contributed by atoms with E-state index in [1.54, 1.807) is 28.7 Å². The van der Waals surface area contributed by atoms with Crippen LogP contribution in [0.5, 0.6) is 0 Å². The topological polar surface area (TPSA) is 62.3 Å². The second-order valence-corrected chi connectivity index (χ2v) is 7.62. The van der Waals surface area contributed by atoms with E-state index < -0.39 is 10.0 Å². The van der Waals surface area contributed by atoms with Crippen LogP contribution < -0.4 is 5.32 Å². The SMILES string of the molecule is O=S(=O)(c1cccc(CNc2ccccn2)c1)N1CCCCC1. The Balaban J connectivity index is 1.74. The molecule has 122 valence electrons. The second kappa shape index (κ2) is 7.10. The summed E-state index contributed by atoms with van der Waals surface area (Å²) in [5.74, 6) is 0.775. The van der Waals surface area contributed by atoms with E-state index in [-0.39, 0.29) is 0 Å². The van der Waals surface area contributed by atoms with Crippen LogP contribution in [-0.4, -0.2) is 30.8 Å². The Morgan fingerprint density at radius 1 is 1.04 bits per heavy atom. The zero-order chi connectivity index (χ0) is 16.1. The summed E-state index contributed by atoms with van der Waals surface area (Å²) in [6, 6.07) is 12.8. The number of piperidine rings is 1. The maximum atomic E-state index is 12.7. The molecule has 23 heavy (non-hydrogen) atoms. The van der Waals surface area contributed by atoms with Gasteiger partial charge < -0.3 is 5.32 Å². The Bertz CT molecular complexity index is 741. The molecule has 6 heteroatoms. The monoisotopic (exact) mass is 331 g/mol. The first kappa shape index (κ1) is 16.0. The van der Waals surface area contributed by atoms with Gasteiger partial charge in [-0.05, 0) is 42.7 Å². The van der Waals surface area contributed by atoms with Crippen LogP contribution in [0.3, 0.4) is 0 Å². The summed E-state index contributed by atoms with van der Waals surface area (Å²) in [4.78, 5) is 4.58. The second-order valence-electron chi connectivity index (χ2n) is 5.68. The maximum Gasteiger partial charge on any atom is 0.243 e. The zero-order valence-corrected chi connectivity index (χ0v) is 13.8. The third-order valence-electron chi connectivity index (χ3n) is 3.99. The summed E-state index contributed by atoms with van der Waals surface area (Å²) in [5.41, 5.74) is 0.925. The van der Waals surface area contributed by atoms with Gasteiger partial charge in [-0.25, -0.2) is 13.4 Å². The number of nitrogens with one attached hydrogen (secondary N) is 1. The Labute approximate surface area is 137 Å². The molecule has 1 N–H and O–H groups in total. The molecule has 0 bridgehead atoms. The highest BCUT2D eigenvalue weighted by atomic mass is 32.2. The van der Waals surface area contributed by atoms with Gasteiger partial charge in [-0.1, -0.05) is 24.6 Å². The summed E-state index contributed by atoms with van der Waals surface area (Å²) in [5, 5.41) is 3.20. The normalized spacial score (nSPS) is 16.2. The molecule has 0 amide bonds. The first-order valence-electron chi connectivity index (χ1n) is 7.90. The van der Waals surface area contributed by atoms with Gasteiger partial charge in [-0.15, -0.1) is 0 Å². The molecular weight excluding hydrogens is 310 g/mol. The van der Waals surface area contributed by atoms with Crippen molar-refractivity contribution in [2.45, 2.75) is 30.7 Å². The highest BCUT2D eigenvalue weighted by Gasteiger charge is 2.25. The van der Waals surface area contributed by atoms with Crippen LogP contribution in [0, 0.1) is 0 Å². The number of hydrogen-bond acceptors (Lipinski definition) is 4. The standard InChI is InChI=1S/C17H21N3O2S/c21-23(22,20-11-4-1-5-12-20)16-8-6-7-15(13-16)14-19-17-9-2-3-10-18-17/h2-3,6-10,13H,1,4-5,11-12,14H2,(H,18,19). The highest BCUT2D eigenvalue weighted by molar-refractivity contribution is 7.89. The zero-order valence-electron chi connectivity index (χ0n) is 13.0. The third kappa shape index (κ3) is 3.89. The van der Waals surface area contributed by atoms with E-state index in [1.807, 2.05) is 24.3 Å². The molecule has 1 aliphatic rings. The minimum Gasteiger partial charge on any atom is -0.366 e. The molecule has 2 aromatic rings. The van der Waals surface area contributed by atoms with Gasteiger partial charge in [-0.3, -0.25) is 0 Å². The third-order valence-corrected chi connectivity index (χ3v) is 5.88. The van der Waals surface area contributed by atoms with Crippen LogP contribution in [0.25, 0.3) is 0 Å². The summed E-state index contributed by atoms with van der Waals surface area (Å²) < 4.78 is 27.0. The van der Waals surface area contributed by atoms with E-state index in [4.69, 9.17) is 0 Å². The lowest BCUT2D eigenvalue weighted by Gasteiger charge is -2.26. The fraction of sp³-hybridized carbons (Fsp3) is 0.353. The average Bonchev–Trinajstić information content (AvgIpc) is 2.62. The van der Waals surface area contributed by atoms with Crippen molar-refractivity contribution in [3.8, 4) is 0 Å². The molecule has 1 aromatic carbocycles. The molecule has 1 aromatic heterocycles. The highest BCUT2D eigenvalue weighted by Crippen LogP contribution is 2.21. The molecule has 0 saturated carbocycles. The molecule has 2 heterocycles. The number of benzene rings is 1. The van der Waals surface area contributed by atoms with Gasteiger partial charge in [0.2, 0.25) is 10.0 Å². The van der Waals surface area contributed by atoms with Crippen LogP contribution in [0.15, 0.2) is 53.6 Å². The molecule has 5 nitrogen and oxygen atoms in total. The molecule has 0 aliphatic carbocycles. The van der Waals surface area contributed by atoms with E-state index in [0.29, 0.717) is 24.5 Å². The lowest BCUT2D eigenvalue weighted by atomic mass is 10.2. The lowest BCUT2D eigenvalue weighted by Crippen LogP contribution is -2.35. The summed E-state index contributed by atoms with van der Waals surface area (Å²) in [7, 11) is -3.38. The maximum absolute atomic E-state index is 12.7. The Hall–Kier alpha value is -1.92. The molecule has 0 radical (unpaired) electrons. The van der Waals surface area contributed by atoms with Crippen LogP contribution in [0.4, 0.5) is 5.82 Å². The fourth-order valence-corrected chi connectivity index (χ4v) is 4.32. The van der Waals surface area contributed by atoms with Crippen molar-refractivity contribution in [1.29, 1.82) is 0 Å². The van der Waals surface area contributed by atoms with Crippen molar-refractivity contribution < 1.29 is 8.42 Å². The largest absolute Gasteiger partial charge is 0.366 e. The number of nitrogens with zero attached hydrogens (tertiary/aromatic N) is 2. The van der Waals surface area contributed by atoms with Gasteiger partial charge >= 0.3 is 0 Å². The first-order chi connectivity index (χ1) is 11.2. The van der Waals surface area contributed by atoms with Crippen molar-refractivity contribution in [3.05, 3.63) is 54.2 Å². The summed E-state index contributed by atoms with van der Waals surface area (Å²) >= 11 is 0. The molecule has 1 fully saturated rings. The number of sulfonamides is 1. The molecule has 3 rings (SSSR count). The van der Waals surface area contributed by atoms with Gasteiger partial charge in [0.25, 0.3) is 0 Å². The van der Waals surface area contributed by atoms with E-state index in [0.717, 1.165) is 30.6 Å². The number of pyridine rings is 1. The molecule has 0 unspecified atom stereocenters. The molecule has 1 saturated heterocycles. The van der Waals surface area contributed by atoms with Gasteiger partial charge in [-0.2, -0.15) is 4.31 Å². The molecule has 0 spiro atoms. The summed E-state index contributed by atoms with van der Waals surface area (Å²) in [6.45, 7) is 1.79. The summed E-state index contributed by atoms with van der Waals surface area (Å²) in [6.07, 6.45) is 4.72. The van der Waals surface area contributed by atoms with Crippen molar-refractivity contribution >= 4 is 15.8 Å². The van der Waals surface area contributed by atoms with Crippen LogP contribution >= 0.6 is 0 Å². The quantitative estimate of drug-likeness (QED) is 0.915. The number of hydrogen-bond donors (Lipinski definition) is 1. The Morgan fingerprint density at radius 2 is 1.87 bits per heavy atom. The predicted molar refractivity (Wildman–Crippen MR) is 90.6 cm³/mol. The molecule has 0 atom stereocenters. The average molecular weight is 331 g/mol. The van der Waals surface area contributed by atoms with E-state index in [1.165, 1.54) is 0 Å². The number of rotatable bonds is 5. The van der Waals surface area contributed by atoms with Crippen LogP contribution in [0.1, 0.15) is 24.8 Å². The van der Waals surface area contributed by atoms with Gasteiger partial charge in [0, 0.05) is 25.8 Å². The van der Waals surface area contributed by atoms with Gasteiger partial charge in [0.05, 0.1) is 4.90 Å². The van der Waals surface area contributed by atoms with Crippen LogP contribution in [0.2, 0.25) is 0 Å². The van der Waals surface area contributed by atoms with Crippen molar-refractivity contribution in [2.24, 2.45) is 0 Å². The molecule has 1 aliphatic heterocycles.